The molecule has 3 N–H and O–H groups in total. The first kappa shape index (κ1) is 12.4. The van der Waals surface area contributed by atoms with Crippen LogP contribution >= 0.6 is 0 Å². The molecule has 0 amide bonds. The van der Waals surface area contributed by atoms with Crippen molar-refractivity contribution in [3.8, 4) is 0 Å². The van der Waals surface area contributed by atoms with Gasteiger partial charge in [0.1, 0.15) is 0 Å². The van der Waals surface area contributed by atoms with Crippen LogP contribution in [0.15, 0.2) is 18.2 Å². The Hall–Kier alpha value is -1.72. The molecule has 0 aliphatic carbocycles. The van der Waals surface area contributed by atoms with Crippen LogP contribution in [0.5, 0.6) is 0 Å². The minimum atomic E-state index is -4.27. The molecule has 1 aromatic carbocycles. The Morgan fingerprint density at radius 2 is 2.00 bits per heavy atom. The van der Waals surface area contributed by atoms with E-state index in [0.29, 0.717) is 0 Å². The molecule has 0 aliphatic rings. The molecule has 0 aromatic heterocycles. The highest BCUT2D eigenvalue weighted by Crippen LogP contribution is 2.24. The van der Waals surface area contributed by atoms with Crippen molar-refractivity contribution in [2.45, 2.75) is 19.0 Å². The maximum atomic E-state index is 12.0. The van der Waals surface area contributed by atoms with Gasteiger partial charge in [-0.1, -0.05) is 0 Å². The summed E-state index contributed by atoms with van der Waals surface area (Å²) in [5.41, 5.74) is 5.78. The average Bonchev–Trinajstić information content (AvgIpc) is 2.14. The van der Waals surface area contributed by atoms with Gasteiger partial charge in [-0.25, -0.2) is 4.79 Å². The molecule has 0 saturated heterocycles. The van der Waals surface area contributed by atoms with Crippen LogP contribution < -0.4 is 5.73 Å². The van der Waals surface area contributed by atoms with Gasteiger partial charge in [-0.2, -0.15) is 13.2 Å². The number of alkyl halides is 3. The number of benzene rings is 1. The molecule has 0 bridgehead atoms. The molecule has 0 radical (unpaired) electrons. The normalized spacial score (nSPS) is 11.4. The highest BCUT2D eigenvalue weighted by Gasteiger charge is 2.26. The number of rotatable bonds is 3. The molecular weight excluding hydrogens is 223 g/mol. The number of carboxylic acid groups (broad SMARTS) is 1. The van der Waals surface area contributed by atoms with Gasteiger partial charge in [-0.05, 0) is 30.2 Å². The van der Waals surface area contributed by atoms with E-state index in [1.807, 2.05) is 0 Å². The zero-order valence-electron chi connectivity index (χ0n) is 8.21. The third kappa shape index (κ3) is 3.45. The summed E-state index contributed by atoms with van der Waals surface area (Å²) in [6, 6.07) is 3.73. The van der Waals surface area contributed by atoms with Gasteiger partial charge < -0.3 is 10.8 Å². The van der Waals surface area contributed by atoms with Crippen molar-refractivity contribution in [3.05, 3.63) is 29.3 Å². The summed E-state index contributed by atoms with van der Waals surface area (Å²) in [5, 5.41) is 8.67. The maximum Gasteiger partial charge on any atom is 0.389 e. The predicted octanol–water partition coefficient (Wildman–Crippen LogP) is 2.46. The molecule has 1 rings (SSSR count). The molecule has 6 heteroatoms. The lowest BCUT2D eigenvalue weighted by Crippen LogP contribution is -2.10. The van der Waals surface area contributed by atoms with E-state index in [4.69, 9.17) is 10.8 Å². The first-order valence-electron chi connectivity index (χ1n) is 4.48. The molecule has 3 nitrogen and oxygen atoms in total. The monoisotopic (exact) mass is 233 g/mol. The van der Waals surface area contributed by atoms with Gasteiger partial charge in [0.05, 0.1) is 5.56 Å². The third-order valence-electron chi connectivity index (χ3n) is 2.07. The summed E-state index contributed by atoms with van der Waals surface area (Å²) in [5.74, 6) is -1.19. The maximum absolute atomic E-state index is 12.0. The van der Waals surface area contributed by atoms with E-state index >= 15 is 0 Å². The standard InChI is InChI=1S/C10H10F3NO2/c11-10(12,13)4-3-6-5-7(9(15)16)1-2-8(6)14/h1-2,5H,3-4,14H2,(H,15,16). The van der Waals surface area contributed by atoms with Gasteiger partial charge in [0, 0.05) is 12.1 Å². The van der Waals surface area contributed by atoms with Gasteiger partial charge in [0.25, 0.3) is 0 Å². The van der Waals surface area contributed by atoms with Crippen molar-refractivity contribution in [2.75, 3.05) is 5.73 Å². The van der Waals surface area contributed by atoms with Crippen molar-refractivity contribution in [1.82, 2.24) is 0 Å². The first-order chi connectivity index (χ1) is 7.29. The quantitative estimate of drug-likeness (QED) is 0.788. The minimum absolute atomic E-state index is 0.0635. The number of nitrogen functional groups attached to an aromatic ring is 1. The van der Waals surface area contributed by atoms with Crippen LogP contribution in [-0.2, 0) is 6.42 Å². The minimum Gasteiger partial charge on any atom is -0.478 e. The first-order valence-corrected chi connectivity index (χ1v) is 4.48. The molecule has 16 heavy (non-hydrogen) atoms. The van der Waals surface area contributed by atoms with Crippen LogP contribution in [0, 0.1) is 0 Å². The summed E-state index contributed by atoms with van der Waals surface area (Å²) >= 11 is 0. The molecule has 0 aliphatic heterocycles. The van der Waals surface area contributed by atoms with Crippen LogP contribution in [0.1, 0.15) is 22.3 Å². The zero-order valence-corrected chi connectivity index (χ0v) is 8.21. The molecule has 0 saturated carbocycles. The number of aromatic carboxylic acids is 1. The highest BCUT2D eigenvalue weighted by atomic mass is 19.4. The molecule has 1 aromatic rings. The number of aryl methyl sites for hydroxylation is 1. The summed E-state index contributed by atoms with van der Waals surface area (Å²) in [7, 11) is 0. The highest BCUT2D eigenvalue weighted by molar-refractivity contribution is 5.88. The van der Waals surface area contributed by atoms with Crippen LogP contribution in [0.25, 0.3) is 0 Å². The summed E-state index contributed by atoms with van der Waals surface area (Å²) < 4.78 is 35.9. The predicted molar refractivity (Wildman–Crippen MR) is 52.2 cm³/mol. The Morgan fingerprint density at radius 1 is 1.38 bits per heavy atom. The van der Waals surface area contributed by atoms with Crippen LogP contribution in [0.2, 0.25) is 0 Å². The lowest BCUT2D eigenvalue weighted by atomic mass is 10.0. The number of nitrogens with two attached hydrogens (primary N) is 1. The Labute approximate surface area is 89.7 Å². The van der Waals surface area contributed by atoms with Crippen molar-refractivity contribution < 1.29 is 23.1 Å². The number of anilines is 1. The van der Waals surface area contributed by atoms with E-state index in [9.17, 15) is 18.0 Å². The number of hydrogen-bond donors (Lipinski definition) is 2. The number of halogens is 3. The summed E-state index contributed by atoms with van der Waals surface area (Å²) in [6.07, 6.45) is -5.59. The van der Waals surface area contributed by atoms with Crippen molar-refractivity contribution in [3.63, 3.8) is 0 Å². The molecule has 0 atom stereocenters. The van der Waals surface area contributed by atoms with E-state index < -0.39 is 18.6 Å². The number of carboxylic acids is 1. The zero-order chi connectivity index (χ0) is 12.3. The van der Waals surface area contributed by atoms with Gasteiger partial charge >= 0.3 is 12.1 Å². The summed E-state index contributed by atoms with van der Waals surface area (Å²) in [4.78, 5) is 10.6. The molecular formula is C10H10F3NO2. The van der Waals surface area contributed by atoms with E-state index in [2.05, 4.69) is 0 Å². The second kappa shape index (κ2) is 4.42. The topological polar surface area (TPSA) is 63.3 Å². The lowest BCUT2D eigenvalue weighted by Gasteiger charge is -2.09. The fraction of sp³-hybridized carbons (Fsp3) is 0.300. The van der Waals surface area contributed by atoms with E-state index in [1.165, 1.54) is 18.2 Å². The van der Waals surface area contributed by atoms with Crippen molar-refractivity contribution >= 4 is 11.7 Å². The van der Waals surface area contributed by atoms with Crippen LogP contribution in [-0.4, -0.2) is 17.3 Å². The van der Waals surface area contributed by atoms with E-state index in [-0.39, 0.29) is 23.2 Å². The Morgan fingerprint density at radius 3 is 2.50 bits per heavy atom. The number of carbonyl (C=O) groups is 1. The summed E-state index contributed by atoms with van der Waals surface area (Å²) in [6.45, 7) is 0. The van der Waals surface area contributed by atoms with Gasteiger partial charge in [-0.3, -0.25) is 0 Å². The van der Waals surface area contributed by atoms with E-state index in [0.717, 1.165) is 0 Å². The second-order valence-electron chi connectivity index (χ2n) is 3.33. The molecule has 0 fully saturated rings. The van der Waals surface area contributed by atoms with Crippen LogP contribution in [0.3, 0.4) is 0 Å². The second-order valence-corrected chi connectivity index (χ2v) is 3.33. The fourth-order valence-electron chi connectivity index (χ4n) is 1.23. The molecule has 88 valence electrons. The largest absolute Gasteiger partial charge is 0.478 e. The number of hydrogen-bond acceptors (Lipinski definition) is 2. The molecule has 0 heterocycles. The van der Waals surface area contributed by atoms with E-state index in [1.54, 1.807) is 0 Å². The Balaban J connectivity index is 2.86. The smallest absolute Gasteiger partial charge is 0.389 e. The van der Waals surface area contributed by atoms with Crippen molar-refractivity contribution in [2.24, 2.45) is 0 Å². The Kier molecular flexibility index (Phi) is 3.41. The van der Waals surface area contributed by atoms with Gasteiger partial charge in [-0.15, -0.1) is 0 Å². The Bertz CT molecular complexity index is 402. The fourth-order valence-corrected chi connectivity index (χ4v) is 1.23. The average molecular weight is 233 g/mol. The van der Waals surface area contributed by atoms with Crippen LogP contribution in [0.4, 0.5) is 18.9 Å². The lowest BCUT2D eigenvalue weighted by molar-refractivity contribution is -0.133. The molecule has 0 spiro atoms. The third-order valence-corrected chi connectivity index (χ3v) is 2.07. The van der Waals surface area contributed by atoms with Gasteiger partial charge in [0.15, 0.2) is 0 Å². The van der Waals surface area contributed by atoms with Crippen molar-refractivity contribution in [1.29, 1.82) is 0 Å². The van der Waals surface area contributed by atoms with Gasteiger partial charge in [0.2, 0.25) is 0 Å². The SMILES string of the molecule is Nc1ccc(C(=O)O)cc1CCC(F)(F)F. The molecule has 0 unspecified atom stereocenters.